The summed E-state index contributed by atoms with van der Waals surface area (Å²) >= 11 is 0. The Bertz CT molecular complexity index is 799. The van der Waals surface area contributed by atoms with Crippen molar-refractivity contribution in [3.8, 4) is 0 Å². The number of aromatic nitrogens is 2. The van der Waals surface area contributed by atoms with Gasteiger partial charge in [-0.1, -0.05) is 12.1 Å². The summed E-state index contributed by atoms with van der Waals surface area (Å²) < 4.78 is 33.3. The van der Waals surface area contributed by atoms with Gasteiger partial charge in [-0.05, 0) is 26.0 Å². The number of aryl methyl sites for hydroxylation is 1. The number of rotatable bonds is 6. The summed E-state index contributed by atoms with van der Waals surface area (Å²) in [5.41, 5.74) is 0.501. The number of hydrogen-bond acceptors (Lipinski definition) is 5. The zero-order valence-corrected chi connectivity index (χ0v) is 14.1. The van der Waals surface area contributed by atoms with Crippen LogP contribution >= 0.6 is 0 Å². The predicted molar refractivity (Wildman–Crippen MR) is 85.8 cm³/mol. The molecule has 0 amide bonds. The number of para-hydroxylation sites is 1. The molecular formula is C15H19N3O4S. The van der Waals surface area contributed by atoms with Crippen molar-refractivity contribution in [3.63, 3.8) is 0 Å². The monoisotopic (exact) mass is 337 g/mol. The SMILES string of the molecule is CCOC(=O)c1ccccc1N(CC)S(=O)(=O)c1cnn(C)c1. The Morgan fingerprint density at radius 2 is 2.00 bits per heavy atom. The van der Waals surface area contributed by atoms with E-state index in [0.717, 1.165) is 0 Å². The number of anilines is 1. The van der Waals surface area contributed by atoms with Gasteiger partial charge >= 0.3 is 5.97 Å². The third kappa shape index (κ3) is 3.37. The van der Waals surface area contributed by atoms with Gasteiger partial charge in [0, 0.05) is 19.8 Å². The molecule has 0 atom stereocenters. The Labute approximate surface area is 135 Å². The van der Waals surface area contributed by atoms with E-state index in [9.17, 15) is 13.2 Å². The molecular weight excluding hydrogens is 318 g/mol. The number of ether oxygens (including phenoxy) is 1. The molecule has 0 aliphatic heterocycles. The summed E-state index contributed by atoms with van der Waals surface area (Å²) in [4.78, 5) is 12.2. The van der Waals surface area contributed by atoms with Gasteiger partial charge in [-0.3, -0.25) is 8.99 Å². The number of esters is 1. The highest BCUT2D eigenvalue weighted by atomic mass is 32.2. The Kier molecular flexibility index (Phi) is 5.05. The number of benzene rings is 1. The van der Waals surface area contributed by atoms with Crippen LogP contribution < -0.4 is 4.31 Å². The van der Waals surface area contributed by atoms with Crippen LogP contribution in [0.1, 0.15) is 24.2 Å². The van der Waals surface area contributed by atoms with Crippen LogP contribution in [0.25, 0.3) is 0 Å². The molecule has 0 fully saturated rings. The van der Waals surface area contributed by atoms with Gasteiger partial charge < -0.3 is 4.74 Å². The topological polar surface area (TPSA) is 81.5 Å². The van der Waals surface area contributed by atoms with E-state index in [4.69, 9.17) is 4.74 Å². The molecule has 1 aromatic carbocycles. The fourth-order valence-electron chi connectivity index (χ4n) is 2.20. The Hall–Kier alpha value is -2.35. The average molecular weight is 337 g/mol. The Morgan fingerprint density at radius 3 is 2.57 bits per heavy atom. The molecule has 0 bridgehead atoms. The zero-order chi connectivity index (χ0) is 17.0. The van der Waals surface area contributed by atoms with Crippen LogP contribution in [0.15, 0.2) is 41.6 Å². The fourth-order valence-corrected chi connectivity index (χ4v) is 3.68. The average Bonchev–Trinajstić information content (AvgIpc) is 2.96. The largest absolute Gasteiger partial charge is 0.462 e. The zero-order valence-electron chi connectivity index (χ0n) is 13.3. The van der Waals surface area contributed by atoms with Gasteiger partial charge in [-0.25, -0.2) is 13.2 Å². The summed E-state index contributed by atoms with van der Waals surface area (Å²) in [5.74, 6) is -0.553. The molecule has 0 unspecified atom stereocenters. The number of sulfonamides is 1. The van der Waals surface area contributed by atoms with Crippen LogP contribution in [0, 0.1) is 0 Å². The van der Waals surface area contributed by atoms with E-state index >= 15 is 0 Å². The lowest BCUT2D eigenvalue weighted by molar-refractivity contribution is 0.0527. The summed E-state index contributed by atoms with van der Waals surface area (Å²) in [5, 5.41) is 3.90. The minimum atomic E-state index is -3.81. The Balaban J connectivity index is 2.52. The number of hydrogen-bond donors (Lipinski definition) is 0. The van der Waals surface area contributed by atoms with E-state index < -0.39 is 16.0 Å². The lowest BCUT2D eigenvalue weighted by Crippen LogP contribution is -2.32. The molecule has 1 aromatic heterocycles. The van der Waals surface area contributed by atoms with Gasteiger partial charge in [0.05, 0.1) is 24.1 Å². The molecule has 0 saturated heterocycles. The maximum Gasteiger partial charge on any atom is 0.340 e. The van der Waals surface area contributed by atoms with Crippen LogP contribution in [-0.4, -0.2) is 37.3 Å². The van der Waals surface area contributed by atoms with Crippen LogP contribution in [-0.2, 0) is 21.8 Å². The van der Waals surface area contributed by atoms with Crippen molar-refractivity contribution >= 4 is 21.7 Å². The van der Waals surface area contributed by atoms with Crippen LogP contribution in [0.2, 0.25) is 0 Å². The summed E-state index contributed by atoms with van der Waals surface area (Å²) in [7, 11) is -2.17. The fraction of sp³-hybridized carbons (Fsp3) is 0.333. The van der Waals surface area contributed by atoms with Crippen molar-refractivity contribution in [3.05, 3.63) is 42.2 Å². The van der Waals surface area contributed by atoms with Crippen molar-refractivity contribution in [2.24, 2.45) is 7.05 Å². The minimum Gasteiger partial charge on any atom is -0.462 e. The maximum absolute atomic E-state index is 12.8. The smallest absolute Gasteiger partial charge is 0.340 e. The van der Waals surface area contributed by atoms with E-state index in [-0.39, 0.29) is 29.3 Å². The second-order valence-electron chi connectivity index (χ2n) is 4.76. The van der Waals surface area contributed by atoms with Gasteiger partial charge in [-0.15, -0.1) is 0 Å². The summed E-state index contributed by atoms with van der Waals surface area (Å²) in [6.07, 6.45) is 2.70. The lowest BCUT2D eigenvalue weighted by Gasteiger charge is -2.24. The Morgan fingerprint density at radius 1 is 1.30 bits per heavy atom. The highest BCUT2D eigenvalue weighted by molar-refractivity contribution is 7.92. The predicted octanol–water partition coefficient (Wildman–Crippen LogP) is 1.81. The highest BCUT2D eigenvalue weighted by Gasteiger charge is 2.28. The van der Waals surface area contributed by atoms with Crippen molar-refractivity contribution < 1.29 is 17.9 Å². The molecule has 2 aromatic rings. The summed E-state index contributed by atoms with van der Waals surface area (Å²) in [6, 6.07) is 6.48. The molecule has 0 aliphatic carbocycles. The van der Waals surface area contributed by atoms with Gasteiger partial charge in [0.25, 0.3) is 10.0 Å². The molecule has 124 valence electrons. The van der Waals surface area contributed by atoms with E-state index in [2.05, 4.69) is 5.10 Å². The second kappa shape index (κ2) is 6.82. The summed E-state index contributed by atoms with van der Waals surface area (Å²) in [6.45, 7) is 3.79. The van der Waals surface area contributed by atoms with E-state index in [0.29, 0.717) is 0 Å². The molecule has 7 nitrogen and oxygen atoms in total. The molecule has 1 heterocycles. The van der Waals surface area contributed by atoms with Crippen LogP contribution in [0.5, 0.6) is 0 Å². The molecule has 0 radical (unpaired) electrons. The van der Waals surface area contributed by atoms with Crippen LogP contribution in [0.3, 0.4) is 0 Å². The molecule has 23 heavy (non-hydrogen) atoms. The first kappa shape index (κ1) is 17.0. The first-order chi connectivity index (χ1) is 10.9. The first-order valence-electron chi connectivity index (χ1n) is 7.19. The molecule has 8 heteroatoms. The maximum atomic E-state index is 12.8. The van der Waals surface area contributed by atoms with Crippen molar-refractivity contribution in [2.75, 3.05) is 17.5 Å². The molecule has 0 N–H and O–H groups in total. The molecule has 0 spiro atoms. The number of carbonyl (C=O) groups excluding carboxylic acids is 1. The normalized spacial score (nSPS) is 11.3. The van der Waals surface area contributed by atoms with Crippen LogP contribution in [0.4, 0.5) is 5.69 Å². The lowest BCUT2D eigenvalue weighted by atomic mass is 10.2. The standard InChI is InChI=1S/C15H19N3O4S/c1-4-18(23(20,21)12-10-16-17(3)11-12)14-9-7-6-8-13(14)15(19)22-5-2/h6-11H,4-5H2,1-3H3. The minimum absolute atomic E-state index is 0.0699. The third-order valence-corrected chi connectivity index (χ3v) is 5.07. The van der Waals surface area contributed by atoms with E-state index in [1.54, 1.807) is 45.2 Å². The first-order valence-corrected chi connectivity index (χ1v) is 8.63. The van der Waals surface area contributed by atoms with Gasteiger partial charge in [-0.2, -0.15) is 5.10 Å². The third-order valence-electron chi connectivity index (χ3n) is 3.22. The number of carbonyl (C=O) groups is 1. The van der Waals surface area contributed by atoms with Crippen molar-refractivity contribution in [1.29, 1.82) is 0 Å². The highest BCUT2D eigenvalue weighted by Crippen LogP contribution is 2.27. The van der Waals surface area contributed by atoms with E-state index in [1.165, 1.54) is 21.4 Å². The second-order valence-corrected chi connectivity index (χ2v) is 6.62. The molecule has 2 rings (SSSR count). The van der Waals surface area contributed by atoms with Gasteiger partial charge in [0.15, 0.2) is 0 Å². The quantitative estimate of drug-likeness (QED) is 0.751. The van der Waals surface area contributed by atoms with Crippen molar-refractivity contribution in [2.45, 2.75) is 18.7 Å². The molecule has 0 saturated carbocycles. The van der Waals surface area contributed by atoms with Crippen molar-refractivity contribution in [1.82, 2.24) is 9.78 Å². The van der Waals surface area contributed by atoms with Gasteiger partial charge in [0.2, 0.25) is 0 Å². The number of nitrogens with zero attached hydrogens (tertiary/aromatic N) is 3. The van der Waals surface area contributed by atoms with E-state index in [1.807, 2.05) is 0 Å². The van der Waals surface area contributed by atoms with Gasteiger partial charge in [0.1, 0.15) is 4.90 Å². The molecule has 0 aliphatic rings.